The molecule has 0 saturated carbocycles. The quantitative estimate of drug-likeness (QED) is 0.881. The fourth-order valence-corrected chi connectivity index (χ4v) is 2.23. The summed E-state index contributed by atoms with van der Waals surface area (Å²) >= 11 is 0. The van der Waals surface area contributed by atoms with Gasteiger partial charge in [-0.15, -0.1) is 0 Å². The maximum Gasteiger partial charge on any atom is 0.238 e. The van der Waals surface area contributed by atoms with Crippen molar-refractivity contribution in [1.82, 2.24) is 4.90 Å². The number of rotatable bonds is 4. The van der Waals surface area contributed by atoms with Gasteiger partial charge in [0, 0.05) is 12.2 Å². The Balaban J connectivity index is 2.05. The van der Waals surface area contributed by atoms with E-state index in [0.29, 0.717) is 0 Å². The van der Waals surface area contributed by atoms with Crippen molar-refractivity contribution in [3.8, 4) is 6.07 Å². The summed E-state index contributed by atoms with van der Waals surface area (Å²) in [6.45, 7) is 3.12. The number of nitrogens with one attached hydrogen (secondary N) is 1. The molecular weight excluding hydrogens is 226 g/mol. The van der Waals surface area contributed by atoms with Crippen LogP contribution in [0.3, 0.4) is 0 Å². The molecule has 1 fully saturated rings. The van der Waals surface area contributed by atoms with Gasteiger partial charge in [-0.25, -0.2) is 0 Å². The van der Waals surface area contributed by atoms with Crippen LogP contribution in [0.15, 0.2) is 24.3 Å². The van der Waals surface area contributed by atoms with Gasteiger partial charge in [0.1, 0.15) is 6.42 Å². The SMILES string of the molecule is N#CCC(=O)Nc1ccccc1CN1CCCC1. The molecule has 0 atom stereocenters. The third kappa shape index (κ3) is 3.31. The molecule has 1 saturated heterocycles. The number of benzene rings is 1. The maximum atomic E-state index is 11.5. The molecule has 2 rings (SSSR count). The van der Waals surface area contributed by atoms with Gasteiger partial charge >= 0.3 is 0 Å². The normalized spacial score (nSPS) is 15.3. The molecule has 0 aromatic heterocycles. The number of hydrogen-bond acceptors (Lipinski definition) is 3. The van der Waals surface area contributed by atoms with Crippen molar-refractivity contribution < 1.29 is 4.79 Å². The van der Waals surface area contributed by atoms with Crippen LogP contribution >= 0.6 is 0 Å². The third-order valence-electron chi connectivity index (χ3n) is 3.12. The van der Waals surface area contributed by atoms with Crippen LogP contribution < -0.4 is 5.32 Å². The Morgan fingerprint density at radius 2 is 2.06 bits per heavy atom. The third-order valence-corrected chi connectivity index (χ3v) is 3.12. The molecule has 1 aromatic rings. The van der Waals surface area contributed by atoms with E-state index in [0.717, 1.165) is 30.9 Å². The van der Waals surface area contributed by atoms with E-state index in [1.165, 1.54) is 12.8 Å². The number of para-hydroxylation sites is 1. The predicted molar refractivity (Wildman–Crippen MR) is 69.8 cm³/mol. The standard InChI is InChI=1S/C14H17N3O/c15-8-7-14(18)16-13-6-2-1-5-12(13)11-17-9-3-4-10-17/h1-2,5-6H,3-4,7,9-11H2,(H,16,18). The van der Waals surface area contributed by atoms with Gasteiger partial charge in [0.15, 0.2) is 0 Å². The van der Waals surface area contributed by atoms with E-state index in [9.17, 15) is 4.79 Å². The lowest BCUT2D eigenvalue weighted by Crippen LogP contribution is -2.20. The summed E-state index contributed by atoms with van der Waals surface area (Å²) in [6.07, 6.45) is 2.41. The minimum atomic E-state index is -0.244. The van der Waals surface area contributed by atoms with Crippen molar-refractivity contribution in [3.63, 3.8) is 0 Å². The topological polar surface area (TPSA) is 56.1 Å². The molecular formula is C14H17N3O. The monoisotopic (exact) mass is 243 g/mol. The van der Waals surface area contributed by atoms with Crippen molar-refractivity contribution in [2.75, 3.05) is 18.4 Å². The fraction of sp³-hybridized carbons (Fsp3) is 0.429. The Hall–Kier alpha value is -1.86. The first-order chi connectivity index (χ1) is 8.79. The van der Waals surface area contributed by atoms with Crippen molar-refractivity contribution >= 4 is 11.6 Å². The van der Waals surface area contributed by atoms with Gasteiger partial charge in [-0.05, 0) is 37.6 Å². The number of anilines is 1. The van der Waals surface area contributed by atoms with Gasteiger partial charge in [0.25, 0.3) is 0 Å². The van der Waals surface area contributed by atoms with E-state index >= 15 is 0 Å². The van der Waals surface area contributed by atoms with Gasteiger partial charge in [-0.1, -0.05) is 18.2 Å². The van der Waals surface area contributed by atoms with Crippen LogP contribution in [-0.2, 0) is 11.3 Å². The van der Waals surface area contributed by atoms with Crippen LogP contribution in [0.1, 0.15) is 24.8 Å². The minimum absolute atomic E-state index is 0.0992. The Labute approximate surface area is 107 Å². The van der Waals surface area contributed by atoms with Crippen molar-refractivity contribution in [2.45, 2.75) is 25.8 Å². The first-order valence-electron chi connectivity index (χ1n) is 6.26. The van der Waals surface area contributed by atoms with E-state index in [1.807, 2.05) is 30.3 Å². The van der Waals surface area contributed by atoms with E-state index < -0.39 is 0 Å². The number of carbonyl (C=O) groups is 1. The van der Waals surface area contributed by atoms with Crippen LogP contribution in [0, 0.1) is 11.3 Å². The number of nitrogens with zero attached hydrogens (tertiary/aromatic N) is 2. The van der Waals surface area contributed by atoms with Crippen LogP contribution in [0.5, 0.6) is 0 Å². The molecule has 1 aromatic carbocycles. The zero-order valence-electron chi connectivity index (χ0n) is 10.4. The summed E-state index contributed by atoms with van der Waals surface area (Å²) in [5, 5.41) is 11.3. The number of carbonyl (C=O) groups excluding carboxylic acids is 1. The molecule has 1 amide bonds. The molecule has 1 aliphatic rings. The van der Waals surface area contributed by atoms with Crippen LogP contribution in [0.4, 0.5) is 5.69 Å². The highest BCUT2D eigenvalue weighted by Gasteiger charge is 2.14. The van der Waals surface area contributed by atoms with Gasteiger partial charge in [-0.2, -0.15) is 5.26 Å². The molecule has 0 spiro atoms. The second-order valence-corrected chi connectivity index (χ2v) is 4.52. The summed E-state index contributed by atoms with van der Waals surface area (Å²) in [4.78, 5) is 13.8. The first-order valence-corrected chi connectivity index (χ1v) is 6.26. The lowest BCUT2D eigenvalue weighted by atomic mass is 10.1. The average Bonchev–Trinajstić information content (AvgIpc) is 2.85. The van der Waals surface area contributed by atoms with Crippen LogP contribution in [-0.4, -0.2) is 23.9 Å². The first kappa shape index (κ1) is 12.6. The summed E-state index contributed by atoms with van der Waals surface area (Å²) in [5.41, 5.74) is 1.94. The van der Waals surface area contributed by atoms with Crippen molar-refractivity contribution in [2.24, 2.45) is 0 Å². The summed E-state index contributed by atoms with van der Waals surface area (Å²) in [6, 6.07) is 9.65. The zero-order chi connectivity index (χ0) is 12.8. The molecule has 4 heteroatoms. The van der Waals surface area contributed by atoms with E-state index in [-0.39, 0.29) is 12.3 Å². The lowest BCUT2D eigenvalue weighted by Gasteiger charge is -2.17. The number of amides is 1. The largest absolute Gasteiger partial charge is 0.325 e. The van der Waals surface area contributed by atoms with Gasteiger partial charge in [-0.3, -0.25) is 9.69 Å². The highest BCUT2D eigenvalue weighted by molar-refractivity contribution is 5.92. The van der Waals surface area contributed by atoms with Gasteiger partial charge < -0.3 is 5.32 Å². The molecule has 1 N–H and O–H groups in total. The van der Waals surface area contributed by atoms with Gasteiger partial charge in [0.05, 0.1) is 6.07 Å². The Kier molecular flexibility index (Phi) is 4.32. The van der Waals surface area contributed by atoms with Gasteiger partial charge in [0.2, 0.25) is 5.91 Å². The van der Waals surface area contributed by atoms with Crippen molar-refractivity contribution in [3.05, 3.63) is 29.8 Å². The predicted octanol–water partition coefficient (Wildman–Crippen LogP) is 2.13. The summed E-state index contributed by atoms with van der Waals surface area (Å²) in [7, 11) is 0. The average molecular weight is 243 g/mol. The number of likely N-dealkylation sites (tertiary alicyclic amines) is 1. The molecule has 0 unspecified atom stereocenters. The Bertz CT molecular complexity index is 458. The number of nitriles is 1. The summed E-state index contributed by atoms with van der Waals surface area (Å²) < 4.78 is 0. The lowest BCUT2D eigenvalue weighted by molar-refractivity contribution is -0.115. The van der Waals surface area contributed by atoms with Crippen molar-refractivity contribution in [1.29, 1.82) is 5.26 Å². The fourth-order valence-electron chi connectivity index (χ4n) is 2.23. The molecule has 1 heterocycles. The molecule has 0 aliphatic carbocycles. The molecule has 94 valence electrons. The maximum absolute atomic E-state index is 11.5. The second-order valence-electron chi connectivity index (χ2n) is 4.52. The molecule has 18 heavy (non-hydrogen) atoms. The molecule has 0 bridgehead atoms. The van der Waals surface area contributed by atoms with E-state index in [2.05, 4.69) is 10.2 Å². The second kappa shape index (κ2) is 6.18. The minimum Gasteiger partial charge on any atom is -0.325 e. The van der Waals surface area contributed by atoms with E-state index in [1.54, 1.807) is 0 Å². The highest BCUT2D eigenvalue weighted by atomic mass is 16.1. The van der Waals surface area contributed by atoms with Crippen LogP contribution in [0.25, 0.3) is 0 Å². The molecule has 4 nitrogen and oxygen atoms in total. The smallest absolute Gasteiger partial charge is 0.238 e. The summed E-state index contributed by atoms with van der Waals surface area (Å²) in [5.74, 6) is -0.244. The molecule has 0 radical (unpaired) electrons. The van der Waals surface area contributed by atoms with E-state index in [4.69, 9.17) is 5.26 Å². The number of hydrogen-bond donors (Lipinski definition) is 1. The Morgan fingerprint density at radius 3 is 2.78 bits per heavy atom. The molecule has 1 aliphatic heterocycles. The van der Waals surface area contributed by atoms with Crippen LogP contribution in [0.2, 0.25) is 0 Å². The highest BCUT2D eigenvalue weighted by Crippen LogP contribution is 2.19. The zero-order valence-corrected chi connectivity index (χ0v) is 10.4. The Morgan fingerprint density at radius 1 is 1.33 bits per heavy atom.